The summed E-state index contributed by atoms with van der Waals surface area (Å²) < 4.78 is 60.8. The van der Waals surface area contributed by atoms with Gasteiger partial charge in [-0.2, -0.15) is 16.8 Å². The van der Waals surface area contributed by atoms with Gasteiger partial charge in [0.05, 0.1) is 11.4 Å². The fourth-order valence-corrected chi connectivity index (χ4v) is 4.67. The van der Waals surface area contributed by atoms with Crippen LogP contribution in [0.1, 0.15) is 10.4 Å². The second kappa shape index (κ2) is 10.2. The Bertz CT molecular complexity index is 1600. The summed E-state index contributed by atoms with van der Waals surface area (Å²) in [7, 11) is -9.44. The number of rotatable bonds is 4. The van der Waals surface area contributed by atoms with E-state index in [0.29, 0.717) is 16.6 Å². The van der Waals surface area contributed by atoms with Crippen molar-refractivity contribution in [3.8, 4) is 5.75 Å². The van der Waals surface area contributed by atoms with Crippen molar-refractivity contribution in [2.24, 2.45) is 0 Å². The smallest absolute Gasteiger partial charge is 0.296 e. The topological polar surface area (TPSA) is 210 Å². The van der Waals surface area contributed by atoms with Gasteiger partial charge in [0.25, 0.3) is 26.1 Å². The van der Waals surface area contributed by atoms with Crippen LogP contribution in [0, 0.1) is 0 Å². The molecule has 0 radical (unpaired) electrons. The highest BCUT2D eigenvalue weighted by Crippen LogP contribution is 2.32. The van der Waals surface area contributed by atoms with Crippen molar-refractivity contribution in [1.29, 1.82) is 0 Å². The molecule has 8 N–H and O–H groups in total. The Labute approximate surface area is 206 Å². The number of hydrogen-bond donors (Lipinski definition) is 6. The third-order valence-electron chi connectivity index (χ3n) is 4.85. The predicted octanol–water partition coefficient (Wildman–Crippen LogP) is 3.14. The average Bonchev–Trinajstić information content (AvgIpc) is 2.80. The molecule has 4 rings (SSSR count). The molecule has 0 aliphatic heterocycles. The summed E-state index contributed by atoms with van der Waals surface area (Å²) in [4.78, 5) is 10.4. The second-order valence-corrected chi connectivity index (χ2v) is 10.2. The van der Waals surface area contributed by atoms with Gasteiger partial charge in [0.1, 0.15) is 15.5 Å². The molecular weight excluding hydrogens is 510 g/mol. The van der Waals surface area contributed by atoms with Crippen LogP contribution in [0.25, 0.3) is 10.8 Å². The van der Waals surface area contributed by atoms with E-state index in [1.165, 1.54) is 0 Å². The van der Waals surface area contributed by atoms with Gasteiger partial charge >= 0.3 is 0 Å². The molecule has 11 nitrogen and oxygen atoms in total. The van der Waals surface area contributed by atoms with Gasteiger partial charge in [0, 0.05) is 16.6 Å². The first kappa shape index (κ1) is 26.4. The maximum Gasteiger partial charge on any atom is 0.296 e. The molecule has 1 amide bonds. The summed E-state index contributed by atoms with van der Waals surface area (Å²) in [5.41, 5.74) is 10.5. The summed E-state index contributed by atoms with van der Waals surface area (Å²) in [5, 5.41) is 14.4. The molecule has 0 aromatic heterocycles. The summed E-state index contributed by atoms with van der Waals surface area (Å²) >= 11 is 0. The van der Waals surface area contributed by atoms with Gasteiger partial charge in [-0.15, -0.1) is 0 Å². The van der Waals surface area contributed by atoms with E-state index in [1.807, 2.05) is 36.4 Å². The lowest BCUT2D eigenvalue weighted by atomic mass is 10.1. The molecule has 0 unspecified atom stereocenters. The van der Waals surface area contributed by atoms with Crippen molar-refractivity contribution in [3.63, 3.8) is 0 Å². The quantitative estimate of drug-likeness (QED) is 0.167. The number of nitrogens with two attached hydrogens (primary N) is 2. The van der Waals surface area contributed by atoms with Gasteiger partial charge in [0.15, 0.2) is 0 Å². The van der Waals surface area contributed by atoms with Crippen molar-refractivity contribution in [2.45, 2.75) is 9.79 Å². The van der Waals surface area contributed by atoms with E-state index < -0.39 is 35.7 Å². The molecule has 4 aromatic carbocycles. The largest absolute Gasteiger partial charge is 0.507 e. The minimum atomic E-state index is -4.72. The van der Waals surface area contributed by atoms with E-state index in [-0.39, 0.29) is 17.3 Å². The van der Waals surface area contributed by atoms with Gasteiger partial charge in [-0.1, -0.05) is 42.5 Å². The summed E-state index contributed by atoms with van der Waals surface area (Å²) in [6.07, 6.45) is 0. The number of aromatic hydroxyl groups is 1. The number of anilines is 3. The molecule has 0 bridgehead atoms. The van der Waals surface area contributed by atoms with Crippen LogP contribution in [-0.4, -0.2) is 37.0 Å². The first-order valence-corrected chi connectivity index (χ1v) is 12.9. The van der Waals surface area contributed by atoms with Crippen LogP contribution >= 0.6 is 0 Å². The van der Waals surface area contributed by atoms with Crippen LogP contribution in [0.15, 0.2) is 88.7 Å². The first-order valence-electron chi connectivity index (χ1n) is 10.00. The highest BCUT2D eigenvalue weighted by molar-refractivity contribution is 7.87. The number of hydrogen-bond acceptors (Lipinski definition) is 8. The molecule has 0 fully saturated rings. The van der Waals surface area contributed by atoms with E-state index in [4.69, 9.17) is 20.6 Å². The molecule has 0 aliphatic rings. The lowest BCUT2D eigenvalue weighted by Gasteiger charge is -2.10. The van der Waals surface area contributed by atoms with Crippen molar-refractivity contribution >= 4 is 54.0 Å². The maximum absolute atomic E-state index is 12.2. The van der Waals surface area contributed by atoms with Gasteiger partial charge in [-0.05, 0) is 41.8 Å². The first-order chi connectivity index (χ1) is 16.8. The zero-order chi connectivity index (χ0) is 26.7. The fraction of sp³-hybridized carbons (Fsp3) is 0. The van der Waals surface area contributed by atoms with Gasteiger partial charge in [-0.3, -0.25) is 13.9 Å². The third-order valence-corrected chi connectivity index (χ3v) is 6.64. The molecule has 0 aliphatic carbocycles. The normalized spacial score (nSPS) is 11.4. The summed E-state index contributed by atoms with van der Waals surface area (Å²) in [6.45, 7) is 0. The molecular formula is C23H21N3O8S2. The third kappa shape index (κ3) is 6.09. The van der Waals surface area contributed by atoms with Gasteiger partial charge in [-0.25, -0.2) is 0 Å². The SMILES string of the molecule is Nc1cc(S(=O)(=O)O)c(N)c(S(=O)(=O)O)c1.O=C(Nc1cccc2cccc(O)c12)c1ccccc1. The zero-order valence-electron chi connectivity index (χ0n) is 18.4. The molecule has 13 heteroatoms. The summed E-state index contributed by atoms with van der Waals surface area (Å²) in [5.74, 6) is -0.0344. The maximum atomic E-state index is 12.2. The van der Waals surface area contributed by atoms with Gasteiger partial charge < -0.3 is 21.9 Å². The van der Waals surface area contributed by atoms with Crippen LogP contribution in [0.4, 0.5) is 17.1 Å². The molecule has 0 saturated heterocycles. The standard InChI is InChI=1S/C17H13NO2.C6H8N2O6S2/c19-15-11-5-9-12-8-4-10-14(16(12)15)18-17(20)13-6-2-1-3-7-13;7-3-1-4(15(9,10)11)6(8)5(2-3)16(12,13)14/h1-11,19H,(H,18,20);1-2H,7-8H2,(H,9,10,11)(H,12,13,14). The molecule has 0 heterocycles. The minimum Gasteiger partial charge on any atom is -0.507 e. The van der Waals surface area contributed by atoms with Crippen molar-refractivity contribution in [1.82, 2.24) is 0 Å². The number of carbonyl (C=O) groups excluding carboxylic acids is 1. The van der Waals surface area contributed by atoms with E-state index >= 15 is 0 Å². The highest BCUT2D eigenvalue weighted by atomic mass is 32.2. The minimum absolute atomic E-state index is 0.159. The second-order valence-electron chi connectivity index (χ2n) is 7.38. The molecule has 36 heavy (non-hydrogen) atoms. The Morgan fingerprint density at radius 2 is 1.28 bits per heavy atom. The van der Waals surface area contributed by atoms with Crippen LogP contribution in [0.5, 0.6) is 5.75 Å². The predicted molar refractivity (Wildman–Crippen MR) is 135 cm³/mol. The van der Waals surface area contributed by atoms with E-state index in [9.17, 15) is 26.7 Å². The Kier molecular flexibility index (Phi) is 7.50. The fourth-order valence-electron chi connectivity index (χ4n) is 3.26. The van der Waals surface area contributed by atoms with E-state index in [1.54, 1.807) is 30.3 Å². The lowest BCUT2D eigenvalue weighted by molar-refractivity contribution is 0.102. The molecule has 188 valence electrons. The van der Waals surface area contributed by atoms with Crippen LogP contribution in [0.3, 0.4) is 0 Å². The molecule has 0 spiro atoms. The van der Waals surface area contributed by atoms with Crippen molar-refractivity contribution in [3.05, 3.63) is 84.4 Å². The van der Waals surface area contributed by atoms with Crippen molar-refractivity contribution in [2.75, 3.05) is 16.8 Å². The zero-order valence-corrected chi connectivity index (χ0v) is 20.0. The van der Waals surface area contributed by atoms with Crippen LogP contribution in [-0.2, 0) is 20.2 Å². The molecule has 4 aromatic rings. The van der Waals surface area contributed by atoms with E-state index in [2.05, 4.69) is 5.32 Å². The number of carbonyl (C=O) groups is 1. The number of amides is 1. The Hall–Kier alpha value is -4.17. The number of nitrogen functional groups attached to an aromatic ring is 2. The number of nitrogens with one attached hydrogen (secondary N) is 1. The van der Waals surface area contributed by atoms with Crippen LogP contribution < -0.4 is 16.8 Å². The van der Waals surface area contributed by atoms with E-state index in [0.717, 1.165) is 17.5 Å². The number of phenolic OH excluding ortho intramolecular Hbond substituents is 1. The Morgan fingerprint density at radius 3 is 1.81 bits per heavy atom. The number of phenols is 1. The summed E-state index contributed by atoms with van der Waals surface area (Å²) in [6, 6.07) is 21.4. The monoisotopic (exact) mass is 531 g/mol. The Morgan fingerprint density at radius 1 is 0.750 bits per heavy atom. The molecule has 0 atom stereocenters. The Balaban J connectivity index is 0.000000207. The number of fused-ring (bicyclic) bond motifs is 1. The number of benzene rings is 4. The van der Waals surface area contributed by atoms with Crippen molar-refractivity contribution < 1.29 is 35.8 Å². The van der Waals surface area contributed by atoms with Gasteiger partial charge in [0.2, 0.25) is 0 Å². The average molecular weight is 532 g/mol. The van der Waals surface area contributed by atoms with Crippen LogP contribution in [0.2, 0.25) is 0 Å². The molecule has 0 saturated carbocycles. The lowest BCUT2D eigenvalue weighted by Crippen LogP contribution is -2.11. The highest BCUT2D eigenvalue weighted by Gasteiger charge is 2.23.